The number of rotatable bonds is 3. The van der Waals surface area contributed by atoms with Crippen LogP contribution >= 0.6 is 27.5 Å². The van der Waals surface area contributed by atoms with Gasteiger partial charge in [-0.2, -0.15) is 0 Å². The van der Waals surface area contributed by atoms with Crippen LogP contribution in [0, 0.1) is 0 Å². The summed E-state index contributed by atoms with van der Waals surface area (Å²) in [6.45, 7) is 0. The van der Waals surface area contributed by atoms with Gasteiger partial charge in [-0.15, -0.1) is 0 Å². The lowest BCUT2D eigenvalue weighted by molar-refractivity contribution is 0.627. The second-order valence-corrected chi connectivity index (χ2v) is 6.06. The molecule has 1 nitrogen and oxygen atoms in total. The minimum absolute atomic E-state index is 0.301. The molecule has 0 saturated carbocycles. The maximum atomic E-state index is 6.01. The van der Waals surface area contributed by atoms with Gasteiger partial charge in [0.25, 0.3) is 0 Å². The van der Waals surface area contributed by atoms with Crippen LogP contribution in [0.5, 0.6) is 0 Å². The van der Waals surface area contributed by atoms with Gasteiger partial charge >= 0.3 is 0 Å². The van der Waals surface area contributed by atoms with E-state index in [0.717, 1.165) is 9.50 Å². The van der Waals surface area contributed by atoms with Crippen LogP contribution in [0.25, 0.3) is 0 Å². The van der Waals surface area contributed by atoms with Crippen molar-refractivity contribution in [1.82, 2.24) is 5.32 Å². The summed E-state index contributed by atoms with van der Waals surface area (Å²) in [4.78, 5) is 0. The molecule has 0 aromatic heterocycles. The lowest BCUT2D eigenvalue weighted by Crippen LogP contribution is -2.19. The monoisotopic (exact) mass is 327 g/mol. The van der Waals surface area contributed by atoms with Gasteiger partial charge in [-0.05, 0) is 50.4 Å². The van der Waals surface area contributed by atoms with Crippen LogP contribution in [0.3, 0.4) is 0 Å². The molecule has 1 aliphatic rings. The maximum absolute atomic E-state index is 6.01. The molecule has 98 valence electrons. The van der Waals surface area contributed by atoms with E-state index < -0.39 is 0 Å². The molecule has 1 N–H and O–H groups in total. The van der Waals surface area contributed by atoms with E-state index in [9.17, 15) is 0 Å². The first-order valence-electron chi connectivity index (χ1n) is 6.53. The Kier molecular flexibility index (Phi) is 5.28. The lowest BCUT2D eigenvalue weighted by Gasteiger charge is -2.21. The van der Waals surface area contributed by atoms with E-state index in [1.807, 2.05) is 19.2 Å². The Hall–Kier alpha value is -0.310. The summed E-state index contributed by atoms with van der Waals surface area (Å²) in [6, 6.07) is 6.34. The van der Waals surface area contributed by atoms with E-state index in [4.69, 9.17) is 11.6 Å². The second-order valence-electron chi connectivity index (χ2n) is 4.77. The van der Waals surface area contributed by atoms with Gasteiger partial charge in [-0.25, -0.2) is 0 Å². The lowest BCUT2D eigenvalue weighted by atomic mass is 9.95. The molecular formula is C15H19BrClN. The van der Waals surface area contributed by atoms with Crippen LogP contribution in [-0.4, -0.2) is 7.05 Å². The largest absolute Gasteiger partial charge is 0.310 e. The van der Waals surface area contributed by atoms with Crippen LogP contribution in [0.2, 0.25) is 5.02 Å². The highest BCUT2D eigenvalue weighted by Gasteiger charge is 2.18. The molecule has 0 heterocycles. The first kappa shape index (κ1) is 14.1. The maximum Gasteiger partial charge on any atom is 0.0544 e. The molecule has 1 aliphatic carbocycles. The van der Waals surface area contributed by atoms with Crippen molar-refractivity contribution in [2.75, 3.05) is 7.05 Å². The molecule has 0 bridgehead atoms. The van der Waals surface area contributed by atoms with Gasteiger partial charge in [-0.3, -0.25) is 0 Å². The zero-order chi connectivity index (χ0) is 13.0. The Balaban J connectivity index is 2.29. The Morgan fingerprint density at radius 3 is 2.83 bits per heavy atom. The Morgan fingerprint density at radius 2 is 2.11 bits per heavy atom. The number of hydrogen-bond donors (Lipinski definition) is 1. The molecule has 2 rings (SSSR count). The van der Waals surface area contributed by atoms with Crippen LogP contribution in [0.15, 0.2) is 34.3 Å². The third-order valence-corrected chi connectivity index (χ3v) is 4.43. The van der Waals surface area contributed by atoms with Crippen LogP contribution in [0.1, 0.15) is 43.7 Å². The molecule has 1 unspecified atom stereocenters. The van der Waals surface area contributed by atoms with Gasteiger partial charge < -0.3 is 5.32 Å². The average Bonchev–Trinajstić information content (AvgIpc) is 2.62. The molecule has 0 spiro atoms. The molecule has 0 amide bonds. The van der Waals surface area contributed by atoms with E-state index in [1.165, 1.54) is 43.2 Å². The summed E-state index contributed by atoms with van der Waals surface area (Å²) >= 11 is 9.63. The predicted molar refractivity (Wildman–Crippen MR) is 82.1 cm³/mol. The summed E-state index contributed by atoms with van der Waals surface area (Å²) in [5.74, 6) is 0. The first-order valence-corrected chi connectivity index (χ1v) is 7.70. The number of halogens is 2. The van der Waals surface area contributed by atoms with Gasteiger partial charge in [0.15, 0.2) is 0 Å². The number of nitrogens with one attached hydrogen (secondary N) is 1. The van der Waals surface area contributed by atoms with Crippen molar-refractivity contribution >= 4 is 27.5 Å². The molecule has 0 fully saturated rings. The highest BCUT2D eigenvalue weighted by Crippen LogP contribution is 2.34. The van der Waals surface area contributed by atoms with E-state index in [0.29, 0.717) is 6.04 Å². The van der Waals surface area contributed by atoms with E-state index in [-0.39, 0.29) is 0 Å². The topological polar surface area (TPSA) is 12.0 Å². The van der Waals surface area contributed by atoms with E-state index >= 15 is 0 Å². The Labute approximate surface area is 123 Å². The normalized spacial score (nSPS) is 18.1. The number of benzene rings is 1. The zero-order valence-corrected chi connectivity index (χ0v) is 13.0. The highest BCUT2D eigenvalue weighted by molar-refractivity contribution is 9.10. The van der Waals surface area contributed by atoms with E-state index in [2.05, 4.69) is 33.4 Å². The van der Waals surface area contributed by atoms with Gasteiger partial charge in [0.05, 0.1) is 6.04 Å². The highest BCUT2D eigenvalue weighted by atomic mass is 79.9. The first-order chi connectivity index (χ1) is 8.72. The quantitative estimate of drug-likeness (QED) is 0.747. The molecule has 1 aromatic carbocycles. The molecule has 1 atom stereocenters. The van der Waals surface area contributed by atoms with E-state index in [1.54, 1.807) is 0 Å². The van der Waals surface area contributed by atoms with Gasteiger partial charge in [0.1, 0.15) is 0 Å². The molecule has 0 radical (unpaired) electrons. The summed E-state index contributed by atoms with van der Waals surface area (Å²) in [5.41, 5.74) is 2.79. The van der Waals surface area contributed by atoms with Crippen LogP contribution < -0.4 is 5.32 Å². The fraction of sp³-hybridized carbons (Fsp3) is 0.467. The fourth-order valence-electron chi connectivity index (χ4n) is 2.58. The van der Waals surface area contributed by atoms with Crippen molar-refractivity contribution in [3.05, 3.63) is 44.9 Å². The molecule has 0 saturated heterocycles. The molecule has 1 aromatic rings. The van der Waals surface area contributed by atoms with Crippen LogP contribution in [-0.2, 0) is 0 Å². The summed E-state index contributed by atoms with van der Waals surface area (Å²) < 4.78 is 1.08. The van der Waals surface area contributed by atoms with Gasteiger partial charge in [0.2, 0.25) is 0 Å². The third-order valence-electron chi connectivity index (χ3n) is 3.51. The zero-order valence-electron chi connectivity index (χ0n) is 10.7. The van der Waals surface area contributed by atoms with Gasteiger partial charge in [0, 0.05) is 9.50 Å². The van der Waals surface area contributed by atoms with Crippen molar-refractivity contribution in [1.29, 1.82) is 0 Å². The van der Waals surface area contributed by atoms with Crippen molar-refractivity contribution in [3.8, 4) is 0 Å². The Bertz CT molecular complexity index is 442. The van der Waals surface area contributed by atoms with Gasteiger partial charge in [-0.1, -0.05) is 51.7 Å². The number of allylic oxidation sites excluding steroid dienone is 1. The fourth-order valence-corrected chi connectivity index (χ4v) is 3.49. The predicted octanol–water partition coefficient (Wildman–Crippen LogP) is 5.25. The third kappa shape index (κ3) is 3.37. The van der Waals surface area contributed by atoms with Crippen molar-refractivity contribution in [2.45, 2.75) is 38.1 Å². The van der Waals surface area contributed by atoms with Crippen LogP contribution in [0.4, 0.5) is 0 Å². The van der Waals surface area contributed by atoms with Crippen molar-refractivity contribution in [2.24, 2.45) is 0 Å². The summed E-state index contributed by atoms with van der Waals surface area (Å²) in [6.07, 6.45) is 8.78. The van der Waals surface area contributed by atoms with Crippen molar-refractivity contribution < 1.29 is 0 Å². The Morgan fingerprint density at radius 1 is 1.28 bits per heavy atom. The number of likely N-dealkylation sites (N-methyl/N-ethyl adjacent to an activating group) is 1. The average molecular weight is 329 g/mol. The molecule has 3 heteroatoms. The minimum Gasteiger partial charge on any atom is -0.310 e. The standard InChI is InChI=1S/C15H19BrClN/c1-18-15(11-6-4-2-3-5-7-11)13-9-8-12(17)10-14(13)16/h6,8-10,15,18H,2-5,7H2,1H3. The summed E-state index contributed by atoms with van der Waals surface area (Å²) in [5, 5.41) is 4.21. The molecule has 0 aliphatic heterocycles. The minimum atomic E-state index is 0.301. The molecule has 18 heavy (non-hydrogen) atoms. The second kappa shape index (κ2) is 6.74. The smallest absolute Gasteiger partial charge is 0.0544 e. The summed E-state index contributed by atoms with van der Waals surface area (Å²) in [7, 11) is 2.03. The molecular weight excluding hydrogens is 310 g/mol. The van der Waals surface area contributed by atoms with Crippen molar-refractivity contribution in [3.63, 3.8) is 0 Å². The SMILES string of the molecule is CNC(C1=CCCCCC1)c1ccc(Cl)cc1Br. The number of hydrogen-bond acceptors (Lipinski definition) is 1.